The third kappa shape index (κ3) is 2.21. The predicted molar refractivity (Wildman–Crippen MR) is 51.2 cm³/mol. The zero-order valence-corrected chi connectivity index (χ0v) is 9.21. The number of sulfonamides is 1. The lowest BCUT2D eigenvalue weighted by Gasteiger charge is -2.13. The highest BCUT2D eigenvalue weighted by atomic mass is 35.5. The number of hydroxylamine groups is 1. The predicted octanol–water partition coefficient (Wildman–Crippen LogP) is 0.917. The van der Waals surface area contributed by atoms with Crippen LogP contribution in [0, 0.1) is 0 Å². The fraction of sp³-hybridized carbons (Fsp3) is 0.286. The van der Waals surface area contributed by atoms with Crippen LogP contribution in [0.1, 0.15) is 0 Å². The van der Waals surface area contributed by atoms with Gasteiger partial charge in [-0.25, -0.2) is 13.4 Å². The molecule has 0 atom stereocenters. The molecule has 0 spiro atoms. The van der Waals surface area contributed by atoms with Gasteiger partial charge in [0.1, 0.15) is 10.0 Å². The molecule has 1 heterocycles. The number of hydrogen-bond acceptors (Lipinski definition) is 4. The Labute approximate surface area is 87.3 Å². The molecule has 0 N–H and O–H groups in total. The van der Waals surface area contributed by atoms with Crippen LogP contribution in [0.4, 0.5) is 0 Å². The van der Waals surface area contributed by atoms with Gasteiger partial charge in [0.05, 0.1) is 7.11 Å². The van der Waals surface area contributed by atoms with Crippen LogP contribution in [0.2, 0.25) is 5.15 Å². The van der Waals surface area contributed by atoms with Crippen molar-refractivity contribution < 1.29 is 13.3 Å². The molecule has 0 aliphatic heterocycles. The van der Waals surface area contributed by atoms with E-state index in [1.165, 1.54) is 32.5 Å². The maximum atomic E-state index is 11.6. The molecule has 7 heteroatoms. The quantitative estimate of drug-likeness (QED) is 0.578. The van der Waals surface area contributed by atoms with E-state index < -0.39 is 10.0 Å². The lowest BCUT2D eigenvalue weighted by Crippen LogP contribution is -2.25. The zero-order valence-electron chi connectivity index (χ0n) is 7.64. The van der Waals surface area contributed by atoms with E-state index in [2.05, 4.69) is 9.82 Å². The second-order valence-electron chi connectivity index (χ2n) is 2.41. The number of hydrogen-bond donors (Lipinski definition) is 0. The van der Waals surface area contributed by atoms with Crippen LogP contribution in [-0.4, -0.2) is 32.0 Å². The van der Waals surface area contributed by atoms with E-state index in [-0.39, 0.29) is 10.0 Å². The third-order valence-electron chi connectivity index (χ3n) is 1.59. The molecular weight excluding hydrogens is 228 g/mol. The van der Waals surface area contributed by atoms with Crippen molar-refractivity contribution in [1.29, 1.82) is 0 Å². The topological polar surface area (TPSA) is 59.5 Å². The first-order valence-corrected chi connectivity index (χ1v) is 5.45. The van der Waals surface area contributed by atoms with Crippen LogP contribution in [-0.2, 0) is 14.9 Å². The van der Waals surface area contributed by atoms with Crippen LogP contribution in [0.25, 0.3) is 0 Å². The average molecular weight is 237 g/mol. The van der Waals surface area contributed by atoms with E-state index in [9.17, 15) is 8.42 Å². The molecule has 0 aliphatic rings. The van der Waals surface area contributed by atoms with Crippen molar-refractivity contribution in [2.75, 3.05) is 14.2 Å². The average Bonchev–Trinajstić information content (AvgIpc) is 2.17. The maximum Gasteiger partial charge on any atom is 0.266 e. The Morgan fingerprint density at radius 2 is 2.14 bits per heavy atom. The molecule has 0 unspecified atom stereocenters. The van der Waals surface area contributed by atoms with Gasteiger partial charge in [0.25, 0.3) is 10.0 Å². The molecule has 1 rings (SSSR count). The molecule has 0 radical (unpaired) electrons. The van der Waals surface area contributed by atoms with E-state index in [0.717, 1.165) is 4.47 Å². The van der Waals surface area contributed by atoms with Crippen LogP contribution in [0.5, 0.6) is 0 Å². The van der Waals surface area contributed by atoms with Gasteiger partial charge >= 0.3 is 0 Å². The Morgan fingerprint density at radius 1 is 1.50 bits per heavy atom. The molecule has 0 saturated carbocycles. The Balaban J connectivity index is 3.11. The second-order valence-corrected chi connectivity index (χ2v) is 4.74. The lowest BCUT2D eigenvalue weighted by molar-refractivity contribution is -0.0258. The van der Waals surface area contributed by atoms with E-state index in [0.29, 0.717) is 0 Å². The molecule has 1 aromatic rings. The van der Waals surface area contributed by atoms with Crippen molar-refractivity contribution in [2.45, 2.75) is 4.90 Å². The summed E-state index contributed by atoms with van der Waals surface area (Å²) >= 11 is 5.52. The third-order valence-corrected chi connectivity index (χ3v) is 3.48. The molecule has 0 aliphatic carbocycles. The Morgan fingerprint density at radius 3 is 2.57 bits per heavy atom. The van der Waals surface area contributed by atoms with Crippen molar-refractivity contribution in [1.82, 2.24) is 9.45 Å². The van der Waals surface area contributed by atoms with Gasteiger partial charge in [-0.2, -0.15) is 0 Å². The summed E-state index contributed by atoms with van der Waals surface area (Å²) in [4.78, 5) is 8.28. The molecule has 78 valence electrons. The SMILES string of the molecule is CON(C)S(=O)(=O)c1ccc(Cl)nc1. The molecule has 1 aromatic heterocycles. The highest BCUT2D eigenvalue weighted by Crippen LogP contribution is 2.14. The second kappa shape index (κ2) is 4.22. The largest absolute Gasteiger partial charge is 0.288 e. The van der Waals surface area contributed by atoms with Crippen LogP contribution in [0.15, 0.2) is 23.2 Å². The van der Waals surface area contributed by atoms with E-state index in [1.54, 1.807) is 0 Å². The fourth-order valence-corrected chi connectivity index (χ4v) is 1.79. The number of halogens is 1. The molecule has 0 amide bonds. The van der Waals surface area contributed by atoms with E-state index in [1.807, 2.05) is 0 Å². The van der Waals surface area contributed by atoms with Crippen LogP contribution < -0.4 is 0 Å². The zero-order chi connectivity index (χ0) is 10.8. The molecular formula is C7H9ClN2O3S. The number of nitrogens with zero attached hydrogens (tertiary/aromatic N) is 2. The van der Waals surface area contributed by atoms with Gasteiger partial charge in [-0.05, 0) is 12.1 Å². The molecule has 5 nitrogen and oxygen atoms in total. The van der Waals surface area contributed by atoms with Crippen molar-refractivity contribution in [2.24, 2.45) is 0 Å². The number of pyridine rings is 1. The molecule has 0 bridgehead atoms. The maximum absolute atomic E-state index is 11.6. The Kier molecular flexibility index (Phi) is 3.43. The monoisotopic (exact) mass is 236 g/mol. The minimum Gasteiger partial charge on any atom is -0.288 e. The highest BCUT2D eigenvalue weighted by Gasteiger charge is 2.20. The summed E-state index contributed by atoms with van der Waals surface area (Å²) in [6.45, 7) is 0. The van der Waals surface area contributed by atoms with Gasteiger partial charge in [0, 0.05) is 13.2 Å². The standard InChI is InChI=1S/C7H9ClN2O3S/c1-10(13-2)14(11,12)6-3-4-7(8)9-5-6/h3-5H,1-2H3. The minimum absolute atomic E-state index is 0.0336. The van der Waals surface area contributed by atoms with Gasteiger partial charge in [-0.15, -0.1) is 0 Å². The fourth-order valence-electron chi connectivity index (χ4n) is 0.761. The van der Waals surface area contributed by atoms with Crippen molar-refractivity contribution in [3.8, 4) is 0 Å². The summed E-state index contributed by atoms with van der Waals surface area (Å²) in [6.07, 6.45) is 1.17. The first kappa shape index (κ1) is 11.4. The smallest absolute Gasteiger partial charge is 0.266 e. The van der Waals surface area contributed by atoms with Gasteiger partial charge < -0.3 is 0 Å². The summed E-state index contributed by atoms with van der Waals surface area (Å²) in [5.74, 6) is 0. The summed E-state index contributed by atoms with van der Waals surface area (Å²) in [7, 11) is -1.06. The van der Waals surface area contributed by atoms with Crippen molar-refractivity contribution in [3.05, 3.63) is 23.5 Å². The van der Waals surface area contributed by atoms with E-state index >= 15 is 0 Å². The van der Waals surface area contributed by atoms with Crippen LogP contribution >= 0.6 is 11.6 Å². The molecule has 0 saturated heterocycles. The number of aromatic nitrogens is 1. The van der Waals surface area contributed by atoms with Gasteiger partial charge in [0.15, 0.2) is 0 Å². The Hall–Kier alpha value is -0.690. The summed E-state index contributed by atoms with van der Waals surface area (Å²) < 4.78 is 23.9. The van der Waals surface area contributed by atoms with Gasteiger partial charge in [0.2, 0.25) is 0 Å². The molecule has 0 aromatic carbocycles. The van der Waals surface area contributed by atoms with Gasteiger partial charge in [-0.3, -0.25) is 4.84 Å². The van der Waals surface area contributed by atoms with Crippen LogP contribution in [0.3, 0.4) is 0 Å². The highest BCUT2D eigenvalue weighted by molar-refractivity contribution is 7.89. The summed E-state index contributed by atoms with van der Waals surface area (Å²) in [5, 5.41) is 0.240. The van der Waals surface area contributed by atoms with Gasteiger partial charge in [-0.1, -0.05) is 16.1 Å². The lowest BCUT2D eigenvalue weighted by atomic mass is 10.5. The first-order chi connectivity index (χ1) is 6.48. The van der Waals surface area contributed by atoms with Crippen molar-refractivity contribution in [3.63, 3.8) is 0 Å². The number of rotatable bonds is 3. The summed E-state index contributed by atoms with van der Waals surface area (Å²) in [5.41, 5.74) is 0. The van der Waals surface area contributed by atoms with E-state index in [4.69, 9.17) is 11.6 Å². The first-order valence-electron chi connectivity index (χ1n) is 3.63. The normalized spacial score (nSPS) is 12.0. The Bertz CT molecular complexity index is 403. The van der Waals surface area contributed by atoms with Crippen molar-refractivity contribution >= 4 is 21.6 Å². The summed E-state index contributed by atoms with van der Waals surface area (Å²) in [6, 6.07) is 2.76. The minimum atomic E-state index is -3.62. The molecule has 14 heavy (non-hydrogen) atoms. The molecule has 0 fully saturated rings.